The summed E-state index contributed by atoms with van der Waals surface area (Å²) in [7, 11) is 0. The molecular weight excluding hydrogens is 316 g/mol. The molecule has 0 spiro atoms. The first kappa shape index (κ1) is 17.4. The van der Waals surface area contributed by atoms with Crippen LogP contribution >= 0.6 is 0 Å². The predicted molar refractivity (Wildman–Crippen MR) is 95.3 cm³/mol. The Morgan fingerprint density at radius 3 is 2.88 bits per heavy atom. The molecular formula is C20H24N2O3. The molecule has 1 aliphatic rings. The summed E-state index contributed by atoms with van der Waals surface area (Å²) >= 11 is 0. The molecule has 2 heterocycles. The Kier molecular flexibility index (Phi) is 6.01. The molecule has 1 amide bonds. The zero-order valence-electron chi connectivity index (χ0n) is 14.5. The predicted octanol–water partition coefficient (Wildman–Crippen LogP) is 3.05. The Bertz CT molecular complexity index is 684. The minimum atomic E-state index is -0.123. The van der Waals surface area contributed by atoms with Gasteiger partial charge in [0.1, 0.15) is 5.75 Å². The maximum absolute atomic E-state index is 12.4. The number of nitrogens with one attached hydrogen (secondary N) is 1. The van der Waals surface area contributed by atoms with E-state index in [1.807, 2.05) is 49.5 Å². The molecule has 0 aliphatic carbocycles. The van der Waals surface area contributed by atoms with Crippen molar-refractivity contribution in [2.75, 3.05) is 19.8 Å². The third-order valence-corrected chi connectivity index (χ3v) is 4.46. The number of ether oxygens (including phenoxy) is 2. The fourth-order valence-electron chi connectivity index (χ4n) is 3.15. The number of nitrogens with zero attached hydrogens (tertiary/aromatic N) is 1. The van der Waals surface area contributed by atoms with E-state index in [4.69, 9.17) is 9.47 Å². The van der Waals surface area contributed by atoms with Crippen LogP contribution in [0.25, 0.3) is 0 Å². The van der Waals surface area contributed by atoms with Crippen molar-refractivity contribution in [2.24, 2.45) is 5.92 Å². The monoisotopic (exact) mass is 340 g/mol. The number of hydrogen-bond donors (Lipinski definition) is 1. The van der Waals surface area contributed by atoms with Gasteiger partial charge in [-0.3, -0.25) is 9.78 Å². The Labute approximate surface area is 148 Å². The van der Waals surface area contributed by atoms with Crippen LogP contribution in [0, 0.1) is 12.8 Å². The molecule has 2 aromatic rings. The average Bonchev–Trinajstić information content (AvgIpc) is 2.66. The van der Waals surface area contributed by atoms with E-state index in [0.717, 1.165) is 37.2 Å². The summed E-state index contributed by atoms with van der Waals surface area (Å²) in [4.78, 5) is 16.6. The summed E-state index contributed by atoms with van der Waals surface area (Å²) in [5, 5.41) is 3.13. The molecule has 3 rings (SSSR count). The number of carbonyl (C=O) groups excluding carboxylic acids is 1. The number of hydrogen-bond acceptors (Lipinski definition) is 4. The van der Waals surface area contributed by atoms with E-state index >= 15 is 0 Å². The number of pyridine rings is 1. The molecule has 0 saturated carbocycles. The van der Waals surface area contributed by atoms with Crippen molar-refractivity contribution in [2.45, 2.75) is 25.8 Å². The van der Waals surface area contributed by atoms with Crippen molar-refractivity contribution in [1.29, 1.82) is 0 Å². The van der Waals surface area contributed by atoms with E-state index in [9.17, 15) is 4.79 Å². The minimum absolute atomic E-state index is 0.00341. The van der Waals surface area contributed by atoms with Crippen molar-refractivity contribution in [1.82, 2.24) is 10.3 Å². The maximum Gasteiger partial charge on any atom is 0.258 e. The van der Waals surface area contributed by atoms with Gasteiger partial charge in [-0.1, -0.05) is 18.2 Å². The maximum atomic E-state index is 12.4. The van der Waals surface area contributed by atoms with Crippen molar-refractivity contribution in [3.8, 4) is 5.75 Å². The average molecular weight is 340 g/mol. The summed E-state index contributed by atoms with van der Waals surface area (Å²) in [6.07, 6.45) is 5.42. The van der Waals surface area contributed by atoms with Crippen LogP contribution in [-0.2, 0) is 9.53 Å². The molecule has 132 valence electrons. The second-order valence-electron chi connectivity index (χ2n) is 6.39. The zero-order valence-corrected chi connectivity index (χ0v) is 14.5. The Morgan fingerprint density at radius 1 is 1.32 bits per heavy atom. The first-order valence-corrected chi connectivity index (χ1v) is 8.69. The summed E-state index contributed by atoms with van der Waals surface area (Å²) in [6.45, 7) is 3.47. The topological polar surface area (TPSA) is 60.5 Å². The van der Waals surface area contributed by atoms with Crippen LogP contribution in [0.3, 0.4) is 0 Å². The van der Waals surface area contributed by atoms with Crippen molar-refractivity contribution >= 4 is 5.91 Å². The Hall–Kier alpha value is -2.40. The molecule has 1 saturated heterocycles. The first-order chi connectivity index (χ1) is 12.2. The molecule has 1 atom stereocenters. The fraction of sp³-hybridized carbons (Fsp3) is 0.400. The number of aromatic nitrogens is 1. The van der Waals surface area contributed by atoms with Crippen LogP contribution < -0.4 is 10.1 Å². The third-order valence-electron chi connectivity index (χ3n) is 4.46. The molecule has 0 radical (unpaired) electrons. The van der Waals surface area contributed by atoms with Crippen LogP contribution in [0.4, 0.5) is 0 Å². The van der Waals surface area contributed by atoms with Crippen molar-refractivity contribution in [3.63, 3.8) is 0 Å². The highest BCUT2D eigenvalue weighted by molar-refractivity contribution is 5.78. The third kappa shape index (κ3) is 5.03. The summed E-state index contributed by atoms with van der Waals surface area (Å²) < 4.78 is 11.1. The van der Waals surface area contributed by atoms with E-state index < -0.39 is 0 Å². The molecule has 1 unspecified atom stereocenters. The van der Waals surface area contributed by atoms with Gasteiger partial charge in [0.05, 0.1) is 6.04 Å². The van der Waals surface area contributed by atoms with Gasteiger partial charge in [0.15, 0.2) is 6.61 Å². The van der Waals surface area contributed by atoms with Crippen LogP contribution in [0.2, 0.25) is 0 Å². The molecule has 1 aromatic heterocycles. The van der Waals surface area contributed by atoms with E-state index in [1.54, 1.807) is 6.20 Å². The van der Waals surface area contributed by atoms with E-state index in [2.05, 4.69) is 10.3 Å². The van der Waals surface area contributed by atoms with Crippen molar-refractivity contribution < 1.29 is 14.3 Å². The molecule has 25 heavy (non-hydrogen) atoms. The second kappa shape index (κ2) is 8.62. The number of carbonyl (C=O) groups is 1. The van der Waals surface area contributed by atoms with Gasteiger partial charge in [0, 0.05) is 25.6 Å². The lowest BCUT2D eigenvalue weighted by atomic mass is 9.87. The van der Waals surface area contributed by atoms with Gasteiger partial charge in [0.25, 0.3) is 5.91 Å². The molecule has 0 bridgehead atoms. The quantitative estimate of drug-likeness (QED) is 0.878. The summed E-state index contributed by atoms with van der Waals surface area (Å²) in [6, 6.07) is 11.5. The highest BCUT2D eigenvalue weighted by Gasteiger charge is 2.27. The molecule has 5 heteroatoms. The van der Waals surface area contributed by atoms with Crippen LogP contribution in [0.15, 0.2) is 48.8 Å². The Morgan fingerprint density at radius 2 is 2.16 bits per heavy atom. The number of amides is 1. The highest BCUT2D eigenvalue weighted by Crippen LogP contribution is 2.29. The minimum Gasteiger partial charge on any atom is -0.484 e. The lowest BCUT2D eigenvalue weighted by molar-refractivity contribution is -0.124. The Balaban J connectivity index is 1.63. The van der Waals surface area contributed by atoms with Gasteiger partial charge in [0.2, 0.25) is 0 Å². The second-order valence-corrected chi connectivity index (χ2v) is 6.39. The van der Waals surface area contributed by atoms with Gasteiger partial charge in [-0.2, -0.15) is 0 Å². The fourth-order valence-corrected chi connectivity index (χ4v) is 3.15. The van der Waals surface area contributed by atoms with Crippen LogP contribution in [-0.4, -0.2) is 30.7 Å². The SMILES string of the molecule is Cc1cccc(OCC(=O)NC(c2cccnc2)C2CCOCC2)c1. The summed E-state index contributed by atoms with van der Waals surface area (Å²) in [5.41, 5.74) is 2.13. The zero-order chi connectivity index (χ0) is 17.5. The van der Waals surface area contributed by atoms with Gasteiger partial charge < -0.3 is 14.8 Å². The number of rotatable bonds is 6. The van der Waals surface area contributed by atoms with Gasteiger partial charge in [-0.25, -0.2) is 0 Å². The van der Waals surface area contributed by atoms with Crippen LogP contribution in [0.5, 0.6) is 5.75 Å². The van der Waals surface area contributed by atoms with E-state index in [1.165, 1.54) is 0 Å². The molecule has 1 aliphatic heterocycles. The standard InChI is InChI=1S/C20H24N2O3/c1-15-4-2-6-18(12-15)25-14-19(23)22-20(16-7-10-24-11-8-16)17-5-3-9-21-13-17/h2-6,9,12-13,16,20H,7-8,10-11,14H2,1H3,(H,22,23). The van der Waals surface area contributed by atoms with Gasteiger partial charge in [-0.05, 0) is 55.0 Å². The van der Waals surface area contributed by atoms with E-state index in [-0.39, 0.29) is 18.6 Å². The molecule has 1 fully saturated rings. The van der Waals surface area contributed by atoms with Crippen molar-refractivity contribution in [3.05, 3.63) is 59.9 Å². The van der Waals surface area contributed by atoms with Gasteiger partial charge >= 0.3 is 0 Å². The molecule has 1 aromatic carbocycles. The highest BCUT2D eigenvalue weighted by atomic mass is 16.5. The smallest absolute Gasteiger partial charge is 0.258 e. The van der Waals surface area contributed by atoms with E-state index in [0.29, 0.717) is 11.7 Å². The largest absolute Gasteiger partial charge is 0.484 e. The molecule has 1 N–H and O–H groups in total. The normalized spacial score (nSPS) is 16.2. The lowest BCUT2D eigenvalue weighted by Gasteiger charge is -2.31. The number of aryl methyl sites for hydroxylation is 1. The summed E-state index contributed by atoms with van der Waals surface area (Å²) in [5.74, 6) is 0.932. The lowest BCUT2D eigenvalue weighted by Crippen LogP contribution is -2.38. The first-order valence-electron chi connectivity index (χ1n) is 8.69. The van der Waals surface area contributed by atoms with Gasteiger partial charge in [-0.15, -0.1) is 0 Å². The number of benzene rings is 1. The molecule has 5 nitrogen and oxygen atoms in total. The van der Waals surface area contributed by atoms with Crippen LogP contribution in [0.1, 0.15) is 30.0 Å².